The lowest BCUT2D eigenvalue weighted by Gasteiger charge is -2.37. The summed E-state index contributed by atoms with van der Waals surface area (Å²) >= 11 is 1.44. The summed E-state index contributed by atoms with van der Waals surface area (Å²) < 4.78 is 10.7. The van der Waals surface area contributed by atoms with Gasteiger partial charge in [0.15, 0.2) is 5.17 Å². The molecule has 8 nitrogen and oxygen atoms in total. The Morgan fingerprint density at radius 3 is 2.62 bits per heavy atom. The summed E-state index contributed by atoms with van der Waals surface area (Å²) in [6.07, 6.45) is 3.15. The summed E-state index contributed by atoms with van der Waals surface area (Å²) in [6, 6.07) is 7.74. The smallest absolute Gasteiger partial charge is 0.338 e. The van der Waals surface area contributed by atoms with Crippen molar-refractivity contribution >= 4 is 34.8 Å². The zero-order valence-electron chi connectivity index (χ0n) is 23.1. The van der Waals surface area contributed by atoms with Gasteiger partial charge in [-0.15, -0.1) is 0 Å². The van der Waals surface area contributed by atoms with Crippen LogP contribution < -0.4 is 0 Å². The molecule has 0 N–H and O–H groups in total. The number of nitrogens with zero attached hydrogens (tertiary/aromatic N) is 3. The molecular formula is C30H37N3O5S. The van der Waals surface area contributed by atoms with Crippen LogP contribution in [0.15, 0.2) is 64.3 Å². The molecule has 208 valence electrons. The van der Waals surface area contributed by atoms with E-state index in [4.69, 9.17) is 14.5 Å². The number of ether oxygens (including phenoxy) is 2. The van der Waals surface area contributed by atoms with Gasteiger partial charge in [0.2, 0.25) is 5.91 Å². The minimum absolute atomic E-state index is 0.0620. The molecule has 2 unspecified atom stereocenters. The molecule has 2 atom stereocenters. The number of allylic oxidation sites excluding steroid dienone is 1. The monoisotopic (exact) mass is 551 g/mol. The number of amides is 1. The van der Waals surface area contributed by atoms with Crippen LogP contribution in [0.25, 0.3) is 0 Å². The van der Waals surface area contributed by atoms with E-state index in [2.05, 4.69) is 32.6 Å². The molecule has 0 bridgehead atoms. The fourth-order valence-corrected chi connectivity index (χ4v) is 6.11. The Balaban J connectivity index is 1.62. The van der Waals surface area contributed by atoms with E-state index in [1.54, 1.807) is 11.8 Å². The molecule has 0 radical (unpaired) electrons. The van der Waals surface area contributed by atoms with Crippen molar-refractivity contribution in [1.29, 1.82) is 0 Å². The minimum atomic E-state index is -0.487. The number of amidine groups is 1. The third-order valence-corrected chi connectivity index (χ3v) is 8.09. The number of esters is 2. The van der Waals surface area contributed by atoms with Crippen LogP contribution in [0.3, 0.4) is 0 Å². The molecule has 0 aliphatic carbocycles. The van der Waals surface area contributed by atoms with E-state index >= 15 is 0 Å². The van der Waals surface area contributed by atoms with Gasteiger partial charge in [0.25, 0.3) is 0 Å². The maximum Gasteiger partial charge on any atom is 0.338 e. The predicted octanol–water partition coefficient (Wildman–Crippen LogP) is 5.31. The van der Waals surface area contributed by atoms with Gasteiger partial charge in [0.1, 0.15) is 6.61 Å². The van der Waals surface area contributed by atoms with Crippen molar-refractivity contribution in [2.75, 3.05) is 26.3 Å². The minimum Gasteiger partial charge on any atom is -0.466 e. The Hall–Kier alpha value is -3.33. The number of fused-ring (bicyclic) bond motifs is 1. The number of carbonyl (C=O) groups is 3. The van der Waals surface area contributed by atoms with Gasteiger partial charge in [-0.1, -0.05) is 62.5 Å². The Morgan fingerprint density at radius 1 is 1.21 bits per heavy atom. The van der Waals surface area contributed by atoms with E-state index in [1.165, 1.54) is 23.4 Å². The highest BCUT2D eigenvalue weighted by Crippen LogP contribution is 2.45. The number of aliphatic imine (C=N–C) groups is 1. The molecule has 39 heavy (non-hydrogen) atoms. The fourth-order valence-electron chi connectivity index (χ4n) is 5.14. The van der Waals surface area contributed by atoms with E-state index in [0.29, 0.717) is 36.9 Å². The molecule has 9 heteroatoms. The number of piperidine rings is 1. The molecular weight excluding hydrogens is 514 g/mol. The molecule has 0 spiro atoms. The second-order valence-electron chi connectivity index (χ2n) is 10.2. The lowest BCUT2D eigenvalue weighted by Crippen LogP contribution is -2.44. The van der Waals surface area contributed by atoms with Crippen LogP contribution in [0.2, 0.25) is 0 Å². The zero-order chi connectivity index (χ0) is 28.1. The number of likely N-dealkylation sites (tertiary alicyclic amines) is 1. The Morgan fingerprint density at radius 2 is 1.95 bits per heavy atom. The van der Waals surface area contributed by atoms with Crippen molar-refractivity contribution in [2.24, 2.45) is 10.9 Å². The van der Waals surface area contributed by atoms with Crippen LogP contribution >= 0.6 is 11.8 Å². The first kappa shape index (κ1) is 28.7. The highest BCUT2D eigenvalue weighted by Gasteiger charge is 2.41. The molecule has 1 saturated heterocycles. The van der Waals surface area contributed by atoms with Gasteiger partial charge >= 0.3 is 11.9 Å². The summed E-state index contributed by atoms with van der Waals surface area (Å²) in [7, 11) is 0. The predicted molar refractivity (Wildman–Crippen MR) is 153 cm³/mol. The summed E-state index contributed by atoms with van der Waals surface area (Å²) in [5.74, 6) is -0.692. The zero-order valence-corrected chi connectivity index (χ0v) is 24.0. The van der Waals surface area contributed by atoms with Gasteiger partial charge in [-0.2, -0.15) is 0 Å². The average Bonchev–Trinajstić information content (AvgIpc) is 3.32. The highest BCUT2D eigenvalue weighted by molar-refractivity contribution is 8.16. The van der Waals surface area contributed by atoms with Gasteiger partial charge in [-0.05, 0) is 49.1 Å². The van der Waals surface area contributed by atoms with Crippen molar-refractivity contribution in [1.82, 2.24) is 9.80 Å². The molecule has 3 aliphatic heterocycles. The first-order valence-electron chi connectivity index (χ1n) is 13.5. The Kier molecular flexibility index (Phi) is 9.32. The fraction of sp³-hybridized carbons (Fsp3) is 0.467. The number of rotatable bonds is 9. The maximum absolute atomic E-state index is 13.5. The van der Waals surface area contributed by atoms with Gasteiger partial charge < -0.3 is 19.3 Å². The summed E-state index contributed by atoms with van der Waals surface area (Å²) in [6.45, 7) is 12.9. The van der Waals surface area contributed by atoms with Crippen molar-refractivity contribution in [3.8, 4) is 0 Å². The largest absolute Gasteiger partial charge is 0.466 e. The SMILES string of the molecule is C=CCOC(=O)C1=C(C)N=C2SC=C(CC(=O)N3CCCC(C(=O)OCC)C3)N2C1c1ccc(C(C)C)cc1. The van der Waals surface area contributed by atoms with E-state index < -0.39 is 12.0 Å². The molecule has 1 amide bonds. The summed E-state index contributed by atoms with van der Waals surface area (Å²) in [5, 5.41) is 2.65. The number of benzene rings is 1. The van der Waals surface area contributed by atoms with E-state index in [1.807, 2.05) is 29.4 Å². The first-order valence-corrected chi connectivity index (χ1v) is 14.4. The second kappa shape index (κ2) is 12.7. The summed E-state index contributed by atoms with van der Waals surface area (Å²) in [5.41, 5.74) is 3.91. The van der Waals surface area contributed by atoms with Crippen molar-refractivity contribution in [3.05, 3.63) is 70.4 Å². The lowest BCUT2D eigenvalue weighted by atomic mass is 9.91. The number of carbonyl (C=O) groups excluding carboxylic acids is 3. The van der Waals surface area contributed by atoms with E-state index in [0.717, 1.165) is 29.3 Å². The molecule has 0 aromatic heterocycles. The van der Waals surface area contributed by atoms with Crippen molar-refractivity contribution in [3.63, 3.8) is 0 Å². The third kappa shape index (κ3) is 6.30. The molecule has 0 saturated carbocycles. The van der Waals surface area contributed by atoms with E-state index in [-0.39, 0.29) is 30.8 Å². The molecule has 1 aromatic carbocycles. The molecule has 1 fully saturated rings. The number of thioether (sulfide) groups is 1. The van der Waals surface area contributed by atoms with Gasteiger partial charge in [0.05, 0.1) is 36.3 Å². The topological polar surface area (TPSA) is 88.5 Å². The number of hydrogen-bond donors (Lipinski definition) is 0. The molecule has 4 rings (SSSR count). The highest BCUT2D eigenvalue weighted by atomic mass is 32.2. The van der Waals surface area contributed by atoms with Crippen LogP contribution in [0, 0.1) is 5.92 Å². The molecule has 1 aromatic rings. The average molecular weight is 552 g/mol. The summed E-state index contributed by atoms with van der Waals surface area (Å²) in [4.78, 5) is 47.5. The van der Waals surface area contributed by atoms with Crippen molar-refractivity contribution in [2.45, 2.75) is 58.9 Å². The van der Waals surface area contributed by atoms with Crippen LogP contribution in [0.4, 0.5) is 0 Å². The lowest BCUT2D eigenvalue weighted by molar-refractivity contribution is -0.151. The quantitative estimate of drug-likeness (QED) is 0.304. The molecule has 3 heterocycles. The van der Waals surface area contributed by atoms with Gasteiger partial charge in [-0.3, -0.25) is 9.59 Å². The molecule has 3 aliphatic rings. The van der Waals surface area contributed by atoms with E-state index in [9.17, 15) is 14.4 Å². The van der Waals surface area contributed by atoms with Crippen LogP contribution in [0.5, 0.6) is 0 Å². The van der Waals surface area contributed by atoms with Gasteiger partial charge in [-0.25, -0.2) is 9.79 Å². The number of hydrogen-bond acceptors (Lipinski definition) is 8. The second-order valence-corrected chi connectivity index (χ2v) is 11.0. The maximum atomic E-state index is 13.5. The van der Waals surface area contributed by atoms with Crippen molar-refractivity contribution < 1.29 is 23.9 Å². The van der Waals surface area contributed by atoms with Crippen LogP contribution in [-0.4, -0.2) is 59.1 Å². The Bertz CT molecular complexity index is 1220. The van der Waals surface area contributed by atoms with Gasteiger partial charge in [0, 0.05) is 18.8 Å². The normalized spacial score (nSPS) is 20.8. The Labute approximate surface area is 234 Å². The van der Waals surface area contributed by atoms with Crippen LogP contribution in [0.1, 0.15) is 70.0 Å². The first-order chi connectivity index (χ1) is 18.7. The standard InChI is InChI=1S/C30H37N3O5S/c1-6-15-38-29(36)26-20(5)31-30-33(27(26)22-12-10-21(11-13-22)19(3)4)24(18-39-30)16-25(34)32-14-8-9-23(17-32)28(35)37-7-2/h6,10-13,18-19,23,27H,1,7-9,14-17H2,2-5H3. The third-order valence-electron chi connectivity index (χ3n) is 7.20. The van der Waals surface area contributed by atoms with Crippen LogP contribution in [-0.2, 0) is 23.9 Å².